The zero-order valence-corrected chi connectivity index (χ0v) is 11.4. The van der Waals surface area contributed by atoms with Crippen molar-refractivity contribution in [2.75, 3.05) is 7.05 Å². The van der Waals surface area contributed by atoms with E-state index in [2.05, 4.69) is 9.71 Å². The van der Waals surface area contributed by atoms with Gasteiger partial charge in [-0.2, -0.15) is 0 Å². The molecule has 0 aromatic heterocycles. The number of benzene rings is 1. The summed E-state index contributed by atoms with van der Waals surface area (Å²) in [5, 5.41) is 0. The summed E-state index contributed by atoms with van der Waals surface area (Å²) in [6.07, 6.45) is 1.75. The van der Waals surface area contributed by atoms with Crippen molar-refractivity contribution in [1.82, 2.24) is 4.72 Å². The zero-order valence-electron chi connectivity index (χ0n) is 10.6. The van der Waals surface area contributed by atoms with E-state index >= 15 is 0 Å². The monoisotopic (exact) mass is 254 g/mol. The Balaban J connectivity index is 2.94. The minimum Gasteiger partial charge on any atom is -0.287 e. The van der Waals surface area contributed by atoms with Gasteiger partial charge in [-0.3, -0.25) is 4.99 Å². The number of hydrogen-bond acceptors (Lipinski definition) is 3. The number of aliphatic imine (C=N–C) groups is 1. The Morgan fingerprint density at radius 2 is 1.71 bits per heavy atom. The van der Waals surface area contributed by atoms with E-state index in [9.17, 15) is 8.42 Å². The lowest BCUT2D eigenvalue weighted by Gasteiger charge is -2.10. The molecule has 0 unspecified atom stereocenters. The van der Waals surface area contributed by atoms with E-state index in [0.717, 1.165) is 5.56 Å². The lowest BCUT2D eigenvalue weighted by Crippen LogP contribution is -2.18. The van der Waals surface area contributed by atoms with E-state index < -0.39 is 10.0 Å². The highest BCUT2D eigenvalue weighted by Crippen LogP contribution is 2.10. The Labute approximate surface area is 103 Å². The molecule has 0 amide bonds. The zero-order chi connectivity index (χ0) is 13.1. The fourth-order valence-electron chi connectivity index (χ4n) is 1.12. The van der Waals surface area contributed by atoms with Gasteiger partial charge in [-0.05, 0) is 45.5 Å². The molecule has 0 radical (unpaired) electrons. The second-order valence-corrected chi connectivity index (χ2v) is 6.59. The molecule has 0 saturated heterocycles. The standard InChI is InChI=1S/C12H18N2O2S/c1-12(2,3)14-9-10-5-7-11(8-6-10)17(15,16)13-4/h5-9,13H,1-4H3/b14-9+. The molecule has 1 rings (SSSR count). The first kappa shape index (κ1) is 13.9. The van der Waals surface area contributed by atoms with Crippen molar-refractivity contribution >= 4 is 16.2 Å². The van der Waals surface area contributed by atoms with Gasteiger partial charge >= 0.3 is 0 Å². The minimum atomic E-state index is -3.35. The average molecular weight is 254 g/mol. The molecule has 4 nitrogen and oxygen atoms in total. The Kier molecular flexibility index (Phi) is 4.06. The van der Waals surface area contributed by atoms with Crippen molar-refractivity contribution in [2.45, 2.75) is 31.2 Å². The minimum absolute atomic E-state index is 0.129. The van der Waals surface area contributed by atoms with Crippen molar-refractivity contribution in [3.8, 4) is 0 Å². The first-order chi connectivity index (χ1) is 7.74. The summed E-state index contributed by atoms with van der Waals surface area (Å²) in [6.45, 7) is 6.01. The third-order valence-corrected chi connectivity index (χ3v) is 3.49. The van der Waals surface area contributed by atoms with Gasteiger partial charge in [-0.25, -0.2) is 13.1 Å². The molecular weight excluding hydrogens is 236 g/mol. The molecule has 0 aliphatic heterocycles. The van der Waals surface area contributed by atoms with Crippen molar-refractivity contribution < 1.29 is 8.42 Å². The molecule has 5 heteroatoms. The summed E-state index contributed by atoms with van der Waals surface area (Å²) in [6, 6.07) is 6.60. The van der Waals surface area contributed by atoms with Gasteiger partial charge in [0.2, 0.25) is 10.0 Å². The Hall–Kier alpha value is -1.20. The quantitative estimate of drug-likeness (QED) is 0.836. The van der Waals surface area contributed by atoms with Crippen LogP contribution in [0.15, 0.2) is 34.2 Å². The van der Waals surface area contributed by atoms with Crippen LogP contribution in [0.3, 0.4) is 0 Å². The molecule has 1 N–H and O–H groups in total. The maximum absolute atomic E-state index is 11.5. The van der Waals surface area contributed by atoms with Crippen molar-refractivity contribution in [3.63, 3.8) is 0 Å². The van der Waals surface area contributed by atoms with Crippen LogP contribution >= 0.6 is 0 Å². The molecule has 1 aromatic rings. The maximum Gasteiger partial charge on any atom is 0.240 e. The smallest absolute Gasteiger partial charge is 0.240 e. The Morgan fingerprint density at radius 3 is 2.12 bits per heavy atom. The maximum atomic E-state index is 11.5. The van der Waals surface area contributed by atoms with Crippen LogP contribution in [-0.2, 0) is 10.0 Å². The van der Waals surface area contributed by atoms with Crippen LogP contribution in [0.4, 0.5) is 0 Å². The summed E-state index contributed by atoms with van der Waals surface area (Å²) >= 11 is 0. The van der Waals surface area contributed by atoms with E-state index in [1.54, 1.807) is 30.5 Å². The predicted octanol–water partition coefficient (Wildman–Crippen LogP) is 1.81. The summed E-state index contributed by atoms with van der Waals surface area (Å²) in [5.74, 6) is 0. The third kappa shape index (κ3) is 4.28. The van der Waals surface area contributed by atoms with Gasteiger partial charge in [0.05, 0.1) is 10.4 Å². The number of nitrogens with zero attached hydrogens (tertiary/aromatic N) is 1. The van der Waals surface area contributed by atoms with Gasteiger partial charge in [0.15, 0.2) is 0 Å². The molecule has 94 valence electrons. The molecule has 0 spiro atoms. The first-order valence-electron chi connectivity index (χ1n) is 5.33. The predicted molar refractivity (Wildman–Crippen MR) is 70.0 cm³/mol. The van der Waals surface area contributed by atoms with Crippen LogP contribution in [0.2, 0.25) is 0 Å². The van der Waals surface area contributed by atoms with Crippen molar-refractivity contribution in [2.24, 2.45) is 4.99 Å². The molecule has 0 atom stereocenters. The summed E-state index contributed by atoms with van der Waals surface area (Å²) in [5.41, 5.74) is 0.755. The van der Waals surface area contributed by atoms with Crippen LogP contribution in [0.25, 0.3) is 0 Å². The molecule has 0 fully saturated rings. The second-order valence-electron chi connectivity index (χ2n) is 4.71. The number of sulfonamides is 1. The van der Waals surface area contributed by atoms with Crippen molar-refractivity contribution in [1.29, 1.82) is 0 Å². The van der Waals surface area contributed by atoms with E-state index in [1.807, 2.05) is 20.8 Å². The average Bonchev–Trinajstić information content (AvgIpc) is 2.26. The molecule has 0 aliphatic rings. The number of rotatable bonds is 3. The van der Waals surface area contributed by atoms with Crippen LogP contribution in [0, 0.1) is 0 Å². The fraction of sp³-hybridized carbons (Fsp3) is 0.417. The van der Waals surface area contributed by atoms with Gasteiger partial charge in [0.25, 0.3) is 0 Å². The van der Waals surface area contributed by atoms with Gasteiger partial charge < -0.3 is 0 Å². The van der Waals surface area contributed by atoms with Gasteiger partial charge in [0, 0.05) is 6.21 Å². The molecule has 0 heterocycles. The normalized spacial score (nSPS) is 13.2. The molecule has 0 bridgehead atoms. The molecule has 17 heavy (non-hydrogen) atoms. The highest BCUT2D eigenvalue weighted by molar-refractivity contribution is 7.89. The van der Waals surface area contributed by atoms with E-state index in [0.29, 0.717) is 0 Å². The molecule has 0 aliphatic carbocycles. The van der Waals surface area contributed by atoms with Gasteiger partial charge in [0.1, 0.15) is 0 Å². The largest absolute Gasteiger partial charge is 0.287 e. The highest BCUT2D eigenvalue weighted by Gasteiger charge is 2.10. The Bertz CT molecular complexity index is 496. The SMILES string of the molecule is CNS(=O)(=O)c1ccc(/C=N/C(C)(C)C)cc1. The van der Waals surface area contributed by atoms with Crippen molar-refractivity contribution in [3.05, 3.63) is 29.8 Å². The Morgan fingerprint density at radius 1 is 1.18 bits per heavy atom. The molecule has 0 saturated carbocycles. The molecule has 1 aromatic carbocycles. The van der Waals surface area contributed by atoms with Crippen LogP contribution < -0.4 is 4.72 Å². The summed E-state index contributed by atoms with van der Waals surface area (Å²) in [7, 11) is -1.96. The third-order valence-electron chi connectivity index (χ3n) is 2.06. The highest BCUT2D eigenvalue weighted by atomic mass is 32.2. The van der Waals surface area contributed by atoms with Crippen LogP contribution in [-0.4, -0.2) is 27.2 Å². The van der Waals surface area contributed by atoms with E-state index in [4.69, 9.17) is 0 Å². The lowest BCUT2D eigenvalue weighted by atomic mass is 10.1. The summed E-state index contributed by atoms with van der Waals surface area (Å²) in [4.78, 5) is 4.61. The first-order valence-corrected chi connectivity index (χ1v) is 6.82. The lowest BCUT2D eigenvalue weighted by molar-refractivity contribution is 0.586. The number of nitrogens with one attached hydrogen (secondary N) is 1. The summed E-state index contributed by atoms with van der Waals surface area (Å²) < 4.78 is 25.2. The van der Waals surface area contributed by atoms with Crippen LogP contribution in [0.1, 0.15) is 26.3 Å². The fourth-order valence-corrected chi connectivity index (χ4v) is 1.85. The van der Waals surface area contributed by atoms with Gasteiger partial charge in [-0.1, -0.05) is 12.1 Å². The van der Waals surface area contributed by atoms with E-state index in [1.165, 1.54) is 7.05 Å². The number of hydrogen-bond donors (Lipinski definition) is 1. The second kappa shape index (κ2) is 4.98. The van der Waals surface area contributed by atoms with Crippen LogP contribution in [0.5, 0.6) is 0 Å². The topological polar surface area (TPSA) is 58.5 Å². The van der Waals surface area contributed by atoms with Gasteiger partial charge in [-0.15, -0.1) is 0 Å². The molecular formula is C12H18N2O2S. The van der Waals surface area contributed by atoms with E-state index in [-0.39, 0.29) is 10.4 Å².